The van der Waals surface area contributed by atoms with Gasteiger partial charge in [0, 0.05) is 19.0 Å². The quantitative estimate of drug-likeness (QED) is 0.848. The first-order valence-corrected chi connectivity index (χ1v) is 9.18. The van der Waals surface area contributed by atoms with Crippen molar-refractivity contribution in [3.05, 3.63) is 49.8 Å². The third-order valence-corrected chi connectivity index (χ3v) is 5.58. The topological polar surface area (TPSA) is 58.4 Å². The minimum Gasteiger partial charge on any atom is -0.393 e. The molecule has 2 aromatic rings. The van der Waals surface area contributed by atoms with Gasteiger partial charge in [-0.1, -0.05) is 34.8 Å². The zero-order chi connectivity index (χ0) is 18.1. The zero-order valence-electron chi connectivity index (χ0n) is 13.6. The summed E-state index contributed by atoms with van der Waals surface area (Å²) in [4.78, 5) is 14.4. The molecule has 1 aromatic carbocycles. The third kappa shape index (κ3) is 3.80. The van der Waals surface area contributed by atoms with Crippen molar-refractivity contribution in [2.75, 3.05) is 18.0 Å². The van der Waals surface area contributed by atoms with Crippen molar-refractivity contribution in [3.63, 3.8) is 0 Å². The molecule has 5 nitrogen and oxygen atoms in total. The number of aliphatic hydroxyl groups is 1. The largest absolute Gasteiger partial charge is 0.393 e. The molecule has 1 aliphatic heterocycles. The smallest absolute Gasteiger partial charge is 0.291 e. The molecular formula is C17H18Cl3N3O2. The van der Waals surface area contributed by atoms with Gasteiger partial charge in [0.15, 0.2) is 0 Å². The molecule has 0 radical (unpaired) electrons. The van der Waals surface area contributed by atoms with E-state index in [1.807, 2.05) is 13.0 Å². The van der Waals surface area contributed by atoms with Crippen LogP contribution in [0.2, 0.25) is 15.1 Å². The summed E-state index contributed by atoms with van der Waals surface area (Å²) in [5, 5.41) is 14.4. The first kappa shape index (κ1) is 18.5. The number of aromatic nitrogens is 2. The van der Waals surface area contributed by atoms with Crippen LogP contribution in [0.25, 0.3) is 5.69 Å². The van der Waals surface area contributed by atoms with Gasteiger partial charge in [0.1, 0.15) is 5.02 Å². The molecule has 1 N–H and O–H groups in total. The highest BCUT2D eigenvalue weighted by Gasteiger charge is 2.25. The van der Waals surface area contributed by atoms with Crippen molar-refractivity contribution in [2.24, 2.45) is 5.92 Å². The van der Waals surface area contributed by atoms with Gasteiger partial charge in [-0.2, -0.15) is 9.78 Å². The standard InChI is InChI=1S/C17H18Cl3N3O2/c1-10(24)11-3-2-6-22(9-11)15-5-4-12(7-13(15)18)23-17(25)16(20)14(19)8-21-23/h4-5,7-8,10-11,24H,2-3,6,9H2,1H3. The lowest BCUT2D eigenvalue weighted by molar-refractivity contribution is 0.115. The zero-order valence-corrected chi connectivity index (χ0v) is 15.9. The Labute approximate surface area is 160 Å². The Balaban J connectivity index is 1.92. The van der Waals surface area contributed by atoms with Gasteiger partial charge in [0.05, 0.1) is 33.7 Å². The SMILES string of the molecule is CC(O)C1CCCN(c2ccc(-n3ncc(Cl)c(Cl)c3=O)cc2Cl)C1. The second-order valence-corrected chi connectivity index (χ2v) is 7.44. The average Bonchev–Trinajstić information content (AvgIpc) is 2.60. The molecule has 0 aliphatic carbocycles. The van der Waals surface area contributed by atoms with Crippen molar-refractivity contribution in [1.82, 2.24) is 9.78 Å². The van der Waals surface area contributed by atoms with Gasteiger partial charge in [0.2, 0.25) is 0 Å². The number of aliphatic hydroxyl groups excluding tert-OH is 1. The molecular weight excluding hydrogens is 385 g/mol. The van der Waals surface area contributed by atoms with Gasteiger partial charge in [-0.3, -0.25) is 4.79 Å². The van der Waals surface area contributed by atoms with Crippen LogP contribution in [0.3, 0.4) is 0 Å². The van der Waals surface area contributed by atoms with E-state index < -0.39 is 5.56 Å². The predicted molar refractivity (Wildman–Crippen MR) is 101 cm³/mol. The molecule has 0 amide bonds. The Morgan fingerprint density at radius 2 is 2.04 bits per heavy atom. The van der Waals surface area contributed by atoms with Gasteiger partial charge >= 0.3 is 0 Å². The average molecular weight is 403 g/mol. The van der Waals surface area contributed by atoms with E-state index in [1.165, 1.54) is 10.9 Å². The fourth-order valence-corrected chi connectivity index (χ4v) is 3.65. The van der Waals surface area contributed by atoms with E-state index in [0.29, 0.717) is 10.7 Å². The van der Waals surface area contributed by atoms with E-state index in [0.717, 1.165) is 31.6 Å². The predicted octanol–water partition coefficient (Wildman–Crippen LogP) is 3.79. The summed E-state index contributed by atoms with van der Waals surface area (Å²) < 4.78 is 1.17. The number of benzene rings is 1. The maximum atomic E-state index is 12.2. The van der Waals surface area contributed by atoms with Crippen LogP contribution in [-0.4, -0.2) is 34.1 Å². The van der Waals surface area contributed by atoms with E-state index in [4.69, 9.17) is 34.8 Å². The van der Waals surface area contributed by atoms with Crippen LogP contribution in [0.4, 0.5) is 5.69 Å². The van der Waals surface area contributed by atoms with Crippen LogP contribution in [0.5, 0.6) is 0 Å². The van der Waals surface area contributed by atoms with Crippen molar-refractivity contribution in [2.45, 2.75) is 25.9 Å². The van der Waals surface area contributed by atoms with E-state index >= 15 is 0 Å². The van der Waals surface area contributed by atoms with E-state index in [-0.39, 0.29) is 22.1 Å². The minimum atomic E-state index is -0.495. The maximum Gasteiger partial charge on any atom is 0.291 e. The molecule has 2 heterocycles. The van der Waals surface area contributed by atoms with Gasteiger partial charge < -0.3 is 10.0 Å². The van der Waals surface area contributed by atoms with Crippen LogP contribution in [0.1, 0.15) is 19.8 Å². The number of anilines is 1. The number of piperidine rings is 1. The second-order valence-electron chi connectivity index (χ2n) is 6.25. The second kappa shape index (κ2) is 7.54. The Morgan fingerprint density at radius 1 is 1.28 bits per heavy atom. The first-order valence-electron chi connectivity index (χ1n) is 8.04. The number of hydrogen-bond acceptors (Lipinski definition) is 4. The molecule has 2 unspecified atom stereocenters. The van der Waals surface area contributed by atoms with E-state index in [2.05, 4.69) is 10.00 Å². The molecule has 0 saturated carbocycles. The van der Waals surface area contributed by atoms with E-state index in [1.54, 1.807) is 12.1 Å². The van der Waals surface area contributed by atoms with E-state index in [9.17, 15) is 9.90 Å². The summed E-state index contributed by atoms with van der Waals surface area (Å²) in [7, 11) is 0. The Hall–Kier alpha value is -1.27. The third-order valence-electron chi connectivity index (χ3n) is 4.53. The molecule has 1 saturated heterocycles. The summed E-state index contributed by atoms with van der Waals surface area (Å²) in [5.74, 6) is 0.226. The highest BCUT2D eigenvalue weighted by molar-refractivity contribution is 6.41. The molecule has 3 rings (SSSR count). The highest BCUT2D eigenvalue weighted by atomic mass is 35.5. The van der Waals surface area contributed by atoms with Crippen molar-refractivity contribution in [1.29, 1.82) is 0 Å². The van der Waals surface area contributed by atoms with Crippen molar-refractivity contribution >= 4 is 40.5 Å². The van der Waals surface area contributed by atoms with Crippen LogP contribution in [0, 0.1) is 5.92 Å². The summed E-state index contributed by atoms with van der Waals surface area (Å²) in [6.07, 6.45) is 2.98. The number of nitrogens with zero attached hydrogens (tertiary/aromatic N) is 3. The molecule has 1 fully saturated rings. The summed E-state index contributed by atoms with van der Waals surface area (Å²) >= 11 is 18.2. The van der Waals surface area contributed by atoms with Crippen molar-refractivity contribution in [3.8, 4) is 5.69 Å². The van der Waals surface area contributed by atoms with Gasteiger partial charge in [0.25, 0.3) is 5.56 Å². The fraction of sp³-hybridized carbons (Fsp3) is 0.412. The van der Waals surface area contributed by atoms with Crippen LogP contribution in [-0.2, 0) is 0 Å². The molecule has 2 atom stereocenters. The lowest BCUT2D eigenvalue weighted by Crippen LogP contribution is -2.39. The molecule has 8 heteroatoms. The normalized spacial score (nSPS) is 19.1. The van der Waals surface area contributed by atoms with Crippen molar-refractivity contribution < 1.29 is 5.11 Å². The molecule has 0 bridgehead atoms. The lowest BCUT2D eigenvalue weighted by atomic mass is 9.93. The number of rotatable bonds is 3. The number of halogens is 3. The Morgan fingerprint density at radius 3 is 2.72 bits per heavy atom. The summed E-state index contributed by atoms with van der Waals surface area (Å²) in [6, 6.07) is 5.31. The Bertz CT molecular complexity index is 838. The Kier molecular flexibility index (Phi) is 5.58. The number of hydrogen-bond donors (Lipinski definition) is 1. The first-order chi connectivity index (χ1) is 11.9. The molecule has 25 heavy (non-hydrogen) atoms. The monoisotopic (exact) mass is 401 g/mol. The van der Waals surface area contributed by atoms with Crippen LogP contribution in [0.15, 0.2) is 29.2 Å². The molecule has 134 valence electrons. The summed E-state index contributed by atoms with van der Waals surface area (Å²) in [5.41, 5.74) is 0.899. The van der Waals surface area contributed by atoms with Crippen LogP contribution < -0.4 is 10.5 Å². The molecule has 1 aromatic heterocycles. The minimum absolute atomic E-state index is 0.0762. The fourth-order valence-electron chi connectivity index (χ4n) is 3.10. The summed E-state index contributed by atoms with van der Waals surface area (Å²) in [6.45, 7) is 3.45. The van der Waals surface area contributed by atoms with Gasteiger partial charge in [-0.25, -0.2) is 0 Å². The maximum absolute atomic E-state index is 12.2. The molecule has 1 aliphatic rings. The van der Waals surface area contributed by atoms with Crippen LogP contribution >= 0.6 is 34.8 Å². The van der Waals surface area contributed by atoms with Gasteiger partial charge in [-0.15, -0.1) is 0 Å². The van der Waals surface area contributed by atoms with Gasteiger partial charge in [-0.05, 0) is 38.0 Å². The highest BCUT2D eigenvalue weighted by Crippen LogP contribution is 2.32. The lowest BCUT2D eigenvalue weighted by Gasteiger charge is -2.36. The molecule has 0 spiro atoms.